The van der Waals surface area contributed by atoms with Gasteiger partial charge in [-0.05, 0) is 19.3 Å². The average Bonchev–Trinajstić information content (AvgIpc) is 2.88. The molecule has 1 aromatic rings. The monoisotopic (exact) mass is 224 g/mol. The maximum absolute atomic E-state index is 11.9. The smallest absolute Gasteiger partial charge is 0.223 e. The lowest BCUT2D eigenvalue weighted by atomic mass is 10.2. The number of hydrogen-bond donors (Lipinski definition) is 0. The van der Waals surface area contributed by atoms with E-state index in [1.54, 1.807) is 11.3 Å². The fourth-order valence-electron chi connectivity index (χ4n) is 2.08. The van der Waals surface area contributed by atoms with Gasteiger partial charge in [0.05, 0.1) is 6.04 Å². The summed E-state index contributed by atoms with van der Waals surface area (Å²) in [5, 5.41) is 3.08. The quantitative estimate of drug-likeness (QED) is 0.790. The molecule has 1 saturated heterocycles. The van der Waals surface area contributed by atoms with Crippen molar-refractivity contribution in [1.82, 2.24) is 9.88 Å². The van der Waals surface area contributed by atoms with Crippen molar-refractivity contribution >= 4 is 17.2 Å². The highest BCUT2D eigenvalue weighted by molar-refractivity contribution is 7.09. The Morgan fingerprint density at radius 3 is 3.27 bits per heavy atom. The highest BCUT2D eigenvalue weighted by Gasteiger charge is 2.30. The first kappa shape index (κ1) is 10.6. The molecule has 4 heteroatoms. The first-order chi connectivity index (χ1) is 7.33. The Kier molecular flexibility index (Phi) is 3.36. The minimum atomic E-state index is 0.254. The molecule has 1 unspecified atom stereocenters. The van der Waals surface area contributed by atoms with Crippen LogP contribution >= 0.6 is 11.3 Å². The SMILES string of the molecule is CCCC(=O)N1CCCC1c1nccs1. The van der Waals surface area contributed by atoms with E-state index in [2.05, 4.69) is 4.98 Å². The Morgan fingerprint density at radius 2 is 2.60 bits per heavy atom. The van der Waals surface area contributed by atoms with E-state index < -0.39 is 0 Å². The highest BCUT2D eigenvalue weighted by atomic mass is 32.1. The van der Waals surface area contributed by atoms with Crippen molar-refractivity contribution in [2.24, 2.45) is 0 Å². The standard InChI is InChI=1S/C11H16N2OS/c1-2-4-10(14)13-7-3-5-9(13)11-12-6-8-15-11/h6,8-9H,2-5,7H2,1H3. The number of carbonyl (C=O) groups excluding carboxylic acids is 1. The van der Waals surface area contributed by atoms with E-state index in [-0.39, 0.29) is 11.9 Å². The molecule has 0 spiro atoms. The predicted octanol–water partition coefficient (Wildman–Crippen LogP) is 2.61. The van der Waals surface area contributed by atoms with Gasteiger partial charge < -0.3 is 4.90 Å². The minimum Gasteiger partial charge on any atom is -0.333 e. The molecule has 1 aliphatic rings. The van der Waals surface area contributed by atoms with Crippen LogP contribution in [-0.2, 0) is 4.79 Å². The van der Waals surface area contributed by atoms with Crippen molar-refractivity contribution in [2.45, 2.75) is 38.6 Å². The number of amides is 1. The van der Waals surface area contributed by atoms with E-state index in [9.17, 15) is 4.79 Å². The first-order valence-electron chi connectivity index (χ1n) is 5.51. The number of aromatic nitrogens is 1. The zero-order valence-corrected chi connectivity index (χ0v) is 9.80. The molecular weight excluding hydrogens is 208 g/mol. The zero-order chi connectivity index (χ0) is 10.7. The number of thiazole rings is 1. The molecular formula is C11H16N2OS. The Morgan fingerprint density at radius 1 is 1.73 bits per heavy atom. The first-order valence-corrected chi connectivity index (χ1v) is 6.39. The summed E-state index contributed by atoms with van der Waals surface area (Å²) in [6.45, 7) is 2.95. The van der Waals surface area contributed by atoms with Crippen LogP contribution in [0.3, 0.4) is 0 Å². The Bertz CT molecular complexity index is 323. The molecule has 1 amide bonds. The van der Waals surface area contributed by atoms with Crippen LogP contribution < -0.4 is 0 Å². The fourth-order valence-corrected chi connectivity index (χ4v) is 2.86. The van der Waals surface area contributed by atoms with Crippen LogP contribution in [0.25, 0.3) is 0 Å². The molecule has 0 radical (unpaired) electrons. The summed E-state index contributed by atoms with van der Waals surface area (Å²) in [4.78, 5) is 18.2. The Labute approximate surface area is 94.1 Å². The summed E-state index contributed by atoms with van der Waals surface area (Å²) in [6.07, 6.45) is 5.60. The normalized spacial score (nSPS) is 20.9. The lowest BCUT2D eigenvalue weighted by Crippen LogP contribution is -2.30. The molecule has 2 rings (SSSR count). The van der Waals surface area contributed by atoms with Gasteiger partial charge in [0.2, 0.25) is 5.91 Å². The summed E-state index contributed by atoms with van der Waals surface area (Å²) in [5.74, 6) is 0.287. The third kappa shape index (κ3) is 2.20. The third-order valence-corrected chi connectivity index (χ3v) is 3.65. The lowest BCUT2D eigenvalue weighted by molar-refractivity contribution is -0.132. The van der Waals surface area contributed by atoms with E-state index in [1.165, 1.54) is 0 Å². The average molecular weight is 224 g/mol. The van der Waals surface area contributed by atoms with Gasteiger partial charge in [-0.15, -0.1) is 11.3 Å². The van der Waals surface area contributed by atoms with Crippen molar-refractivity contribution in [3.8, 4) is 0 Å². The molecule has 1 aliphatic heterocycles. The molecule has 15 heavy (non-hydrogen) atoms. The van der Waals surface area contributed by atoms with Gasteiger partial charge in [0.1, 0.15) is 5.01 Å². The molecule has 1 fully saturated rings. The van der Waals surface area contributed by atoms with E-state index in [0.29, 0.717) is 6.42 Å². The minimum absolute atomic E-state index is 0.254. The van der Waals surface area contributed by atoms with E-state index in [4.69, 9.17) is 0 Å². The molecule has 1 aromatic heterocycles. The summed E-state index contributed by atoms with van der Waals surface area (Å²) in [6, 6.07) is 0.254. The number of nitrogens with zero attached hydrogens (tertiary/aromatic N) is 2. The van der Waals surface area contributed by atoms with Gasteiger partial charge in [0.25, 0.3) is 0 Å². The Balaban J connectivity index is 2.08. The third-order valence-electron chi connectivity index (χ3n) is 2.77. The van der Waals surface area contributed by atoms with Crippen LogP contribution in [0.2, 0.25) is 0 Å². The van der Waals surface area contributed by atoms with E-state index in [1.807, 2.05) is 23.4 Å². The Hall–Kier alpha value is -0.900. The van der Waals surface area contributed by atoms with Gasteiger partial charge in [-0.25, -0.2) is 4.98 Å². The highest BCUT2D eigenvalue weighted by Crippen LogP contribution is 2.33. The molecule has 0 N–H and O–H groups in total. The van der Waals surface area contributed by atoms with Gasteiger partial charge in [-0.1, -0.05) is 6.92 Å². The molecule has 0 aliphatic carbocycles. The van der Waals surface area contributed by atoms with Crippen LogP contribution in [-0.4, -0.2) is 22.3 Å². The molecule has 2 heterocycles. The number of rotatable bonds is 3. The van der Waals surface area contributed by atoms with Crippen molar-refractivity contribution in [2.75, 3.05) is 6.54 Å². The molecule has 0 saturated carbocycles. The van der Waals surface area contributed by atoms with E-state index >= 15 is 0 Å². The summed E-state index contributed by atoms with van der Waals surface area (Å²) in [7, 11) is 0. The van der Waals surface area contributed by atoms with Gasteiger partial charge in [-0.3, -0.25) is 4.79 Å². The molecule has 82 valence electrons. The van der Waals surface area contributed by atoms with Crippen LogP contribution in [0.4, 0.5) is 0 Å². The second kappa shape index (κ2) is 4.75. The predicted molar refractivity (Wildman–Crippen MR) is 60.7 cm³/mol. The molecule has 0 bridgehead atoms. The molecule has 0 aromatic carbocycles. The topological polar surface area (TPSA) is 33.2 Å². The number of likely N-dealkylation sites (tertiary alicyclic amines) is 1. The lowest BCUT2D eigenvalue weighted by Gasteiger charge is -2.22. The summed E-state index contributed by atoms with van der Waals surface area (Å²) < 4.78 is 0. The molecule has 3 nitrogen and oxygen atoms in total. The molecule has 1 atom stereocenters. The van der Waals surface area contributed by atoms with Crippen LogP contribution in [0.15, 0.2) is 11.6 Å². The largest absolute Gasteiger partial charge is 0.333 e. The van der Waals surface area contributed by atoms with E-state index in [0.717, 1.165) is 30.8 Å². The van der Waals surface area contributed by atoms with Crippen molar-refractivity contribution < 1.29 is 4.79 Å². The number of carbonyl (C=O) groups is 1. The fraction of sp³-hybridized carbons (Fsp3) is 0.636. The second-order valence-corrected chi connectivity index (χ2v) is 4.79. The maximum atomic E-state index is 11.9. The van der Waals surface area contributed by atoms with Gasteiger partial charge in [0.15, 0.2) is 0 Å². The van der Waals surface area contributed by atoms with Crippen molar-refractivity contribution in [1.29, 1.82) is 0 Å². The van der Waals surface area contributed by atoms with Crippen molar-refractivity contribution in [3.63, 3.8) is 0 Å². The summed E-state index contributed by atoms with van der Waals surface area (Å²) >= 11 is 1.65. The maximum Gasteiger partial charge on any atom is 0.223 e. The van der Waals surface area contributed by atoms with Gasteiger partial charge in [-0.2, -0.15) is 0 Å². The summed E-state index contributed by atoms with van der Waals surface area (Å²) in [5.41, 5.74) is 0. The second-order valence-electron chi connectivity index (χ2n) is 3.87. The van der Waals surface area contributed by atoms with Gasteiger partial charge in [0, 0.05) is 24.5 Å². The van der Waals surface area contributed by atoms with Crippen LogP contribution in [0, 0.1) is 0 Å². The van der Waals surface area contributed by atoms with Gasteiger partial charge >= 0.3 is 0 Å². The van der Waals surface area contributed by atoms with Crippen molar-refractivity contribution in [3.05, 3.63) is 16.6 Å². The number of hydrogen-bond acceptors (Lipinski definition) is 3. The van der Waals surface area contributed by atoms with Crippen LogP contribution in [0.5, 0.6) is 0 Å². The van der Waals surface area contributed by atoms with Crippen LogP contribution in [0.1, 0.15) is 43.7 Å². The zero-order valence-electron chi connectivity index (χ0n) is 8.98.